The number of ether oxygens (including phenoxy) is 6. The minimum Gasteiger partial charge on any atom is -0.490 e. The number of fused-ring (bicyclic) bond motifs is 1. The van der Waals surface area contributed by atoms with Crippen LogP contribution in [0.2, 0.25) is 0 Å². The summed E-state index contributed by atoms with van der Waals surface area (Å²) in [6, 6.07) is 14.1. The first-order valence-corrected chi connectivity index (χ1v) is 18.0. The van der Waals surface area contributed by atoms with E-state index in [-0.39, 0.29) is 49.1 Å². The van der Waals surface area contributed by atoms with Crippen LogP contribution in [0.1, 0.15) is 50.4 Å². The number of carbonyl (C=O) groups excluding carboxylic acids is 2. The Labute approximate surface area is 311 Å². The van der Waals surface area contributed by atoms with Crippen molar-refractivity contribution in [3.05, 3.63) is 112 Å². The molecule has 14 heteroatoms. The van der Waals surface area contributed by atoms with E-state index in [9.17, 15) is 18.8 Å². The Hall–Kier alpha value is -4.70. The van der Waals surface area contributed by atoms with Crippen molar-refractivity contribution < 1.29 is 42.4 Å². The Kier molecular flexibility index (Phi) is 12.5. The first-order valence-electron chi connectivity index (χ1n) is 16.1. The summed E-state index contributed by atoms with van der Waals surface area (Å²) in [5.41, 5.74) is 1.83. The summed E-state index contributed by atoms with van der Waals surface area (Å²) in [5.74, 6) is -0.0381. The van der Waals surface area contributed by atoms with Crippen molar-refractivity contribution in [3.63, 3.8) is 0 Å². The number of allylic oxidation sites excluding steroid dienone is 1. The third-order valence-corrected chi connectivity index (χ3v) is 9.42. The molecule has 1 aliphatic heterocycles. The number of esters is 2. The van der Waals surface area contributed by atoms with Gasteiger partial charge in [0.1, 0.15) is 12.4 Å². The molecule has 5 rings (SSSR count). The van der Waals surface area contributed by atoms with Gasteiger partial charge in [0.2, 0.25) is 0 Å². The van der Waals surface area contributed by atoms with Gasteiger partial charge in [-0.15, -0.1) is 0 Å². The van der Waals surface area contributed by atoms with E-state index in [0.717, 1.165) is 0 Å². The summed E-state index contributed by atoms with van der Waals surface area (Å²) < 4.78 is 50.3. The molecule has 0 bridgehead atoms. The zero-order chi connectivity index (χ0) is 36.7. The van der Waals surface area contributed by atoms with Gasteiger partial charge in [0, 0.05) is 5.56 Å². The van der Waals surface area contributed by atoms with E-state index in [2.05, 4.69) is 32.3 Å². The number of aromatic nitrogens is 1. The number of methoxy groups -OCH3 is 1. The number of rotatable bonds is 14. The predicted octanol–water partition coefficient (Wildman–Crippen LogP) is 5.47. The van der Waals surface area contributed by atoms with E-state index < -0.39 is 18.0 Å². The van der Waals surface area contributed by atoms with Gasteiger partial charge in [0.25, 0.3) is 5.56 Å². The maximum Gasteiger partial charge on any atom is 0.343 e. The summed E-state index contributed by atoms with van der Waals surface area (Å²) in [5, 5.41) is 0. The van der Waals surface area contributed by atoms with E-state index in [1.165, 1.54) is 29.1 Å². The van der Waals surface area contributed by atoms with Crippen LogP contribution in [-0.4, -0.2) is 50.0 Å². The van der Waals surface area contributed by atoms with Crippen molar-refractivity contribution in [1.82, 2.24) is 4.57 Å². The number of carbonyl (C=O) groups is 2. The highest BCUT2D eigenvalue weighted by Crippen LogP contribution is 2.37. The number of benzene rings is 3. The fourth-order valence-electron chi connectivity index (χ4n) is 5.38. The Bertz CT molecular complexity index is 2160. The Morgan fingerprint density at radius 2 is 1.71 bits per heavy atom. The SMILES string of the molecule is CCOC(=O)C1=C(C)N=c2s/c(=C\c3cc(I)c(OCc4ccccc4F)c(OCC)c3)c(=O)n2[C@H]1c1ccc(OCC(=O)OC)c(OCC)c1. The molecule has 1 aromatic heterocycles. The van der Waals surface area contributed by atoms with Crippen LogP contribution < -0.4 is 33.8 Å². The van der Waals surface area contributed by atoms with E-state index >= 15 is 0 Å². The Morgan fingerprint density at radius 1 is 0.961 bits per heavy atom. The molecule has 11 nitrogen and oxygen atoms in total. The molecule has 0 N–H and O–H groups in total. The van der Waals surface area contributed by atoms with Crippen LogP contribution in [-0.2, 0) is 25.7 Å². The van der Waals surface area contributed by atoms with E-state index in [4.69, 9.17) is 23.7 Å². The minimum atomic E-state index is -0.912. The van der Waals surface area contributed by atoms with Crippen LogP contribution in [0.3, 0.4) is 0 Å². The Morgan fingerprint density at radius 3 is 2.41 bits per heavy atom. The van der Waals surface area contributed by atoms with Gasteiger partial charge in [-0.05, 0) is 97.8 Å². The molecule has 0 fully saturated rings. The maximum absolute atomic E-state index is 14.3. The smallest absolute Gasteiger partial charge is 0.343 e. The van der Waals surface area contributed by atoms with Gasteiger partial charge < -0.3 is 28.4 Å². The quantitative estimate of drug-likeness (QED) is 0.120. The number of thiazole rings is 1. The second-order valence-corrected chi connectivity index (χ2v) is 13.1. The molecule has 51 heavy (non-hydrogen) atoms. The standard InChI is InChI=1S/C37H36FIN2O9S/c1-6-46-28-18-23(13-14-27(28)49-20-31(42)45-5)33-32(36(44)48-8-3)21(4)40-37-41(33)35(43)30(51-37)17-22-15-26(39)34(29(16-22)47-7-2)50-19-24-11-9-10-12-25(24)38/h9-18,33H,6-8,19-20H2,1-5H3/b30-17-/t33-/m0/s1. The van der Waals surface area contributed by atoms with Gasteiger partial charge in [-0.1, -0.05) is 35.6 Å². The fraction of sp³-hybridized carbons (Fsp3) is 0.297. The molecule has 4 aromatic rings. The second-order valence-electron chi connectivity index (χ2n) is 10.9. The van der Waals surface area contributed by atoms with Crippen LogP contribution >= 0.6 is 33.9 Å². The van der Waals surface area contributed by atoms with Crippen molar-refractivity contribution in [2.75, 3.05) is 33.5 Å². The lowest BCUT2D eigenvalue weighted by Gasteiger charge is -2.25. The molecule has 0 spiro atoms. The largest absolute Gasteiger partial charge is 0.490 e. The van der Waals surface area contributed by atoms with Crippen LogP contribution in [0, 0.1) is 9.39 Å². The highest BCUT2D eigenvalue weighted by Gasteiger charge is 2.34. The minimum absolute atomic E-state index is 0.00619. The fourth-order valence-corrected chi connectivity index (χ4v) is 7.20. The average molecular weight is 831 g/mol. The van der Waals surface area contributed by atoms with E-state index in [1.807, 2.05) is 13.0 Å². The second kappa shape index (κ2) is 17.0. The molecule has 0 saturated heterocycles. The van der Waals surface area contributed by atoms with Crippen LogP contribution in [0.5, 0.6) is 23.0 Å². The summed E-state index contributed by atoms with van der Waals surface area (Å²) in [6.45, 7) is 7.48. The summed E-state index contributed by atoms with van der Waals surface area (Å²) in [4.78, 5) is 44.5. The summed E-state index contributed by atoms with van der Waals surface area (Å²) >= 11 is 3.30. The van der Waals surface area contributed by atoms with Crippen molar-refractivity contribution in [3.8, 4) is 23.0 Å². The van der Waals surface area contributed by atoms with Crippen LogP contribution in [0.4, 0.5) is 4.39 Å². The maximum atomic E-state index is 14.3. The van der Waals surface area contributed by atoms with Crippen molar-refractivity contribution in [2.45, 2.75) is 40.3 Å². The highest BCUT2D eigenvalue weighted by atomic mass is 127. The number of nitrogens with zero attached hydrogens (tertiary/aromatic N) is 2. The lowest BCUT2D eigenvalue weighted by atomic mass is 9.95. The van der Waals surface area contributed by atoms with Gasteiger partial charge in [-0.3, -0.25) is 9.36 Å². The summed E-state index contributed by atoms with van der Waals surface area (Å²) in [7, 11) is 1.26. The molecular formula is C37H36FIN2O9S. The van der Waals surface area contributed by atoms with Crippen LogP contribution in [0.25, 0.3) is 6.08 Å². The highest BCUT2D eigenvalue weighted by molar-refractivity contribution is 14.1. The average Bonchev–Trinajstić information content (AvgIpc) is 3.40. The first-order chi connectivity index (χ1) is 24.6. The Balaban J connectivity index is 1.60. The first kappa shape index (κ1) is 37.6. The summed E-state index contributed by atoms with van der Waals surface area (Å²) in [6.07, 6.45) is 1.73. The van der Waals surface area contributed by atoms with E-state index in [0.29, 0.717) is 59.1 Å². The third kappa shape index (κ3) is 8.44. The lowest BCUT2D eigenvalue weighted by Crippen LogP contribution is -2.40. The molecule has 0 aliphatic carbocycles. The zero-order valence-corrected chi connectivity index (χ0v) is 31.6. The van der Waals surface area contributed by atoms with Crippen LogP contribution in [0.15, 0.2) is 75.7 Å². The number of hydrogen-bond acceptors (Lipinski definition) is 11. The molecule has 1 atom stereocenters. The molecule has 268 valence electrons. The normalized spacial score (nSPS) is 14.0. The van der Waals surface area contributed by atoms with Gasteiger partial charge in [-0.25, -0.2) is 19.0 Å². The molecule has 0 saturated carbocycles. The predicted molar refractivity (Wildman–Crippen MR) is 197 cm³/mol. The lowest BCUT2D eigenvalue weighted by molar-refractivity contribution is -0.143. The monoisotopic (exact) mass is 830 g/mol. The van der Waals surface area contributed by atoms with Gasteiger partial charge in [0.15, 0.2) is 34.4 Å². The van der Waals surface area contributed by atoms with Gasteiger partial charge in [-0.2, -0.15) is 0 Å². The van der Waals surface area contributed by atoms with E-state index in [1.54, 1.807) is 69.3 Å². The van der Waals surface area contributed by atoms with Gasteiger partial charge >= 0.3 is 11.9 Å². The topological polar surface area (TPSA) is 124 Å². The zero-order valence-electron chi connectivity index (χ0n) is 28.6. The van der Waals surface area contributed by atoms with Crippen molar-refractivity contribution >= 4 is 51.9 Å². The molecule has 2 heterocycles. The molecule has 1 aliphatic rings. The molecule has 0 radical (unpaired) electrons. The van der Waals surface area contributed by atoms with Crippen molar-refractivity contribution in [1.29, 1.82) is 0 Å². The van der Waals surface area contributed by atoms with Crippen molar-refractivity contribution in [2.24, 2.45) is 4.99 Å². The number of hydrogen-bond donors (Lipinski definition) is 0. The third-order valence-electron chi connectivity index (χ3n) is 7.63. The molecular weight excluding hydrogens is 794 g/mol. The molecule has 0 unspecified atom stereocenters. The molecule has 0 amide bonds. The molecule has 3 aromatic carbocycles. The van der Waals surface area contributed by atoms with Gasteiger partial charge in [0.05, 0.1) is 52.3 Å². The number of halogens is 2.